The van der Waals surface area contributed by atoms with E-state index in [1.807, 2.05) is 0 Å². The molecule has 1 aromatic rings. The van der Waals surface area contributed by atoms with Gasteiger partial charge in [-0.05, 0) is 38.0 Å². The number of benzene rings is 1. The van der Waals surface area contributed by atoms with Gasteiger partial charge in [0.15, 0.2) is 0 Å². The zero-order valence-electron chi connectivity index (χ0n) is 14.9. The Balaban J connectivity index is 2.12. The largest absolute Gasteiger partial charge is 0.481 e. The molecule has 1 aliphatic rings. The zero-order valence-corrected chi connectivity index (χ0v) is 15.6. The second-order valence-electron chi connectivity index (χ2n) is 7.16. The summed E-state index contributed by atoms with van der Waals surface area (Å²) in [6.07, 6.45) is 0.268. The Morgan fingerprint density at radius 3 is 2.65 bits per heavy atom. The van der Waals surface area contributed by atoms with Gasteiger partial charge < -0.3 is 15.3 Å². The number of aliphatic carboxylic acids is 1. The summed E-state index contributed by atoms with van der Waals surface area (Å²) in [7, 11) is 1.57. The van der Waals surface area contributed by atoms with Gasteiger partial charge in [0.2, 0.25) is 11.8 Å². The maximum atomic E-state index is 13.8. The first-order valence-electron chi connectivity index (χ1n) is 8.26. The molecule has 1 fully saturated rings. The SMILES string of the molecule is CN1C(=O)CC(C(=O)NCCC(C)(C)C(=O)O)C1c1ccc(Cl)c(F)c1. The second-order valence-corrected chi connectivity index (χ2v) is 7.57. The summed E-state index contributed by atoms with van der Waals surface area (Å²) in [4.78, 5) is 37.2. The Morgan fingerprint density at radius 2 is 2.08 bits per heavy atom. The van der Waals surface area contributed by atoms with Crippen molar-refractivity contribution in [1.82, 2.24) is 10.2 Å². The normalized spacial score (nSPS) is 20.3. The van der Waals surface area contributed by atoms with Gasteiger partial charge in [-0.2, -0.15) is 0 Å². The Morgan fingerprint density at radius 1 is 1.42 bits per heavy atom. The second kappa shape index (κ2) is 7.61. The molecule has 1 aromatic carbocycles. The number of carboxylic acids is 1. The molecule has 2 N–H and O–H groups in total. The molecule has 2 atom stereocenters. The van der Waals surface area contributed by atoms with Crippen molar-refractivity contribution in [2.45, 2.75) is 32.7 Å². The molecule has 2 rings (SSSR count). The average molecular weight is 385 g/mol. The Bertz CT molecular complexity index is 738. The molecule has 1 heterocycles. The molecular formula is C18H22ClFN2O4. The highest BCUT2D eigenvalue weighted by Crippen LogP contribution is 2.38. The number of rotatable bonds is 6. The van der Waals surface area contributed by atoms with Gasteiger partial charge in [-0.3, -0.25) is 14.4 Å². The van der Waals surface area contributed by atoms with Crippen LogP contribution in [0.25, 0.3) is 0 Å². The van der Waals surface area contributed by atoms with Gasteiger partial charge in [0.25, 0.3) is 0 Å². The van der Waals surface area contributed by atoms with Gasteiger partial charge in [0.05, 0.1) is 22.4 Å². The molecule has 2 amide bonds. The summed E-state index contributed by atoms with van der Waals surface area (Å²) >= 11 is 5.71. The summed E-state index contributed by atoms with van der Waals surface area (Å²) in [5, 5.41) is 11.8. The topological polar surface area (TPSA) is 86.7 Å². The number of amides is 2. The first kappa shape index (κ1) is 20.2. The van der Waals surface area contributed by atoms with Crippen LogP contribution in [0.3, 0.4) is 0 Å². The number of nitrogens with zero attached hydrogens (tertiary/aromatic N) is 1. The summed E-state index contributed by atoms with van der Waals surface area (Å²) in [6.45, 7) is 3.33. The number of halogens is 2. The number of carbonyl (C=O) groups is 3. The monoisotopic (exact) mass is 384 g/mol. The average Bonchev–Trinajstić information content (AvgIpc) is 2.85. The predicted molar refractivity (Wildman–Crippen MR) is 94.1 cm³/mol. The number of hydrogen-bond donors (Lipinski definition) is 2. The van der Waals surface area contributed by atoms with Crippen molar-refractivity contribution < 1.29 is 23.9 Å². The van der Waals surface area contributed by atoms with Crippen molar-refractivity contribution in [2.24, 2.45) is 11.3 Å². The van der Waals surface area contributed by atoms with Crippen LogP contribution in [0.15, 0.2) is 18.2 Å². The standard InChI is InChI=1S/C18H22ClFN2O4/c1-18(2,17(25)26)6-7-21-16(24)11-9-14(23)22(3)15(11)10-4-5-12(19)13(20)8-10/h4-5,8,11,15H,6-7,9H2,1-3H3,(H,21,24)(H,25,26). The van der Waals surface area contributed by atoms with Crippen LogP contribution in [0.1, 0.15) is 38.3 Å². The van der Waals surface area contributed by atoms with Gasteiger partial charge in [-0.1, -0.05) is 17.7 Å². The van der Waals surface area contributed by atoms with E-state index in [1.165, 1.54) is 17.0 Å². The first-order chi connectivity index (χ1) is 12.0. The summed E-state index contributed by atoms with van der Waals surface area (Å²) < 4.78 is 13.8. The van der Waals surface area contributed by atoms with Crippen molar-refractivity contribution >= 4 is 29.4 Å². The van der Waals surface area contributed by atoms with Gasteiger partial charge in [0.1, 0.15) is 5.82 Å². The van der Waals surface area contributed by atoms with E-state index in [1.54, 1.807) is 27.0 Å². The van der Waals surface area contributed by atoms with Crippen molar-refractivity contribution in [3.63, 3.8) is 0 Å². The highest BCUT2D eigenvalue weighted by molar-refractivity contribution is 6.30. The number of carbonyl (C=O) groups excluding carboxylic acids is 2. The molecule has 0 aromatic heterocycles. The van der Waals surface area contributed by atoms with Crippen LogP contribution < -0.4 is 5.32 Å². The lowest BCUT2D eigenvalue weighted by Gasteiger charge is -2.25. The van der Waals surface area contributed by atoms with Gasteiger partial charge in [-0.15, -0.1) is 0 Å². The van der Waals surface area contributed by atoms with Crippen LogP contribution in [0.4, 0.5) is 4.39 Å². The lowest BCUT2D eigenvalue weighted by atomic mass is 9.89. The van der Waals surface area contributed by atoms with Crippen LogP contribution in [0.5, 0.6) is 0 Å². The zero-order chi connectivity index (χ0) is 19.6. The Kier molecular flexibility index (Phi) is 5.91. The molecule has 26 heavy (non-hydrogen) atoms. The molecule has 2 unspecified atom stereocenters. The minimum atomic E-state index is -0.964. The quantitative estimate of drug-likeness (QED) is 0.789. The van der Waals surface area contributed by atoms with Crippen LogP contribution in [-0.2, 0) is 14.4 Å². The van der Waals surface area contributed by atoms with E-state index in [0.29, 0.717) is 5.56 Å². The van der Waals surface area contributed by atoms with Crippen molar-refractivity contribution in [2.75, 3.05) is 13.6 Å². The van der Waals surface area contributed by atoms with E-state index in [9.17, 15) is 18.8 Å². The van der Waals surface area contributed by atoms with E-state index in [0.717, 1.165) is 0 Å². The van der Waals surface area contributed by atoms with Crippen LogP contribution in [0.2, 0.25) is 5.02 Å². The molecule has 1 saturated heterocycles. The number of likely N-dealkylation sites (tertiary alicyclic amines) is 1. The summed E-state index contributed by atoms with van der Waals surface area (Å²) in [5.74, 6) is -2.81. The van der Waals surface area contributed by atoms with Gasteiger partial charge >= 0.3 is 5.97 Å². The molecule has 0 saturated carbocycles. The third-order valence-corrected chi connectivity index (χ3v) is 5.14. The fraction of sp³-hybridized carbons (Fsp3) is 0.500. The first-order valence-corrected chi connectivity index (χ1v) is 8.64. The lowest BCUT2D eigenvalue weighted by Crippen LogP contribution is -2.37. The van der Waals surface area contributed by atoms with Crippen LogP contribution in [-0.4, -0.2) is 41.4 Å². The summed E-state index contributed by atoms with van der Waals surface area (Å²) in [6, 6.07) is 3.63. The van der Waals surface area contributed by atoms with E-state index in [4.69, 9.17) is 16.7 Å². The molecule has 0 aliphatic carbocycles. The minimum absolute atomic E-state index is 0.0135. The minimum Gasteiger partial charge on any atom is -0.481 e. The maximum absolute atomic E-state index is 13.8. The summed E-state index contributed by atoms with van der Waals surface area (Å²) in [5.41, 5.74) is -0.472. The number of hydrogen-bond acceptors (Lipinski definition) is 3. The van der Waals surface area contributed by atoms with Crippen molar-refractivity contribution in [3.8, 4) is 0 Å². The number of carboxylic acid groups (broad SMARTS) is 1. The maximum Gasteiger partial charge on any atom is 0.309 e. The van der Waals surface area contributed by atoms with Crippen molar-refractivity contribution in [3.05, 3.63) is 34.6 Å². The van der Waals surface area contributed by atoms with Crippen molar-refractivity contribution in [1.29, 1.82) is 0 Å². The lowest BCUT2D eigenvalue weighted by molar-refractivity contribution is -0.147. The molecule has 1 aliphatic heterocycles. The third kappa shape index (κ3) is 4.15. The van der Waals surface area contributed by atoms with E-state index in [-0.39, 0.29) is 36.2 Å². The molecule has 6 nitrogen and oxygen atoms in total. The van der Waals surface area contributed by atoms with Crippen LogP contribution >= 0.6 is 11.6 Å². The molecule has 142 valence electrons. The smallest absolute Gasteiger partial charge is 0.309 e. The third-order valence-electron chi connectivity index (χ3n) is 4.84. The van der Waals surface area contributed by atoms with Gasteiger partial charge in [-0.25, -0.2) is 4.39 Å². The Hall–Kier alpha value is -2.15. The fourth-order valence-corrected chi connectivity index (χ4v) is 3.11. The van der Waals surface area contributed by atoms with Crippen LogP contribution in [0, 0.1) is 17.2 Å². The number of nitrogens with one attached hydrogen (secondary N) is 1. The molecule has 0 radical (unpaired) electrons. The van der Waals surface area contributed by atoms with E-state index < -0.39 is 29.2 Å². The molecule has 0 bridgehead atoms. The fourth-order valence-electron chi connectivity index (χ4n) is 2.99. The van der Waals surface area contributed by atoms with E-state index in [2.05, 4.69) is 5.32 Å². The Labute approximate surface area is 156 Å². The highest BCUT2D eigenvalue weighted by atomic mass is 35.5. The molecule has 8 heteroatoms. The van der Waals surface area contributed by atoms with E-state index >= 15 is 0 Å². The molecule has 0 spiro atoms. The highest BCUT2D eigenvalue weighted by Gasteiger charge is 2.43. The molecular weight excluding hydrogens is 363 g/mol. The van der Waals surface area contributed by atoms with Gasteiger partial charge in [0, 0.05) is 20.0 Å². The predicted octanol–water partition coefficient (Wildman–Crippen LogP) is 2.62.